The van der Waals surface area contributed by atoms with Crippen molar-refractivity contribution in [2.45, 2.75) is 0 Å². The molecule has 0 atom stereocenters. The van der Waals surface area contributed by atoms with E-state index in [-0.39, 0.29) is 0 Å². The number of pyridine rings is 2. The molecule has 0 spiro atoms. The van der Waals surface area contributed by atoms with Crippen LogP contribution in [0.25, 0.3) is 98.1 Å². The normalized spacial score (nSPS) is 12.1. The highest BCUT2D eigenvalue weighted by Gasteiger charge is 2.19. The van der Waals surface area contributed by atoms with Crippen LogP contribution >= 0.6 is 0 Å². The van der Waals surface area contributed by atoms with E-state index in [0.29, 0.717) is 0 Å². The zero-order valence-corrected chi connectivity index (χ0v) is 23.8. The summed E-state index contributed by atoms with van der Waals surface area (Å²) in [5.74, 6) is 0. The average molecular weight is 557 g/mol. The molecule has 0 fully saturated rings. The summed E-state index contributed by atoms with van der Waals surface area (Å²) in [4.78, 5) is 10.0. The van der Waals surface area contributed by atoms with Crippen LogP contribution in [0.5, 0.6) is 0 Å². The van der Waals surface area contributed by atoms with Crippen molar-refractivity contribution in [3.05, 3.63) is 146 Å². The summed E-state index contributed by atoms with van der Waals surface area (Å²) in [6, 6.07) is 50.6. The first-order valence-electron chi connectivity index (χ1n) is 15.1. The second kappa shape index (κ2) is 8.82. The molecule has 202 valence electrons. The van der Waals surface area contributed by atoms with Crippen molar-refractivity contribution in [3.8, 4) is 22.5 Å². The Morgan fingerprint density at radius 2 is 1.07 bits per heavy atom. The molecule has 0 saturated carbocycles. The van der Waals surface area contributed by atoms with Crippen molar-refractivity contribution in [2.24, 2.45) is 0 Å². The number of aromatic nitrogens is 2. The van der Waals surface area contributed by atoms with Crippen LogP contribution in [0.4, 0.5) is 0 Å². The van der Waals surface area contributed by atoms with Crippen molar-refractivity contribution in [1.82, 2.24) is 9.97 Å². The third-order valence-electron chi connectivity index (χ3n) is 9.42. The molecule has 8 aromatic carbocycles. The van der Waals surface area contributed by atoms with Crippen LogP contribution in [-0.2, 0) is 0 Å². The summed E-state index contributed by atoms with van der Waals surface area (Å²) in [5.41, 5.74) is 5.26. The molecule has 0 aliphatic rings. The fourth-order valence-electron chi connectivity index (χ4n) is 7.52. The van der Waals surface area contributed by atoms with Gasteiger partial charge in [-0.25, -0.2) is 4.98 Å². The van der Waals surface area contributed by atoms with Crippen LogP contribution in [0.3, 0.4) is 0 Å². The molecule has 44 heavy (non-hydrogen) atoms. The van der Waals surface area contributed by atoms with Crippen molar-refractivity contribution < 1.29 is 0 Å². The maximum atomic E-state index is 5.24. The number of nitrogens with zero attached hydrogens (tertiary/aromatic N) is 2. The molecule has 2 heterocycles. The third kappa shape index (κ3) is 3.20. The number of rotatable bonds is 2. The second-order valence-corrected chi connectivity index (χ2v) is 11.7. The van der Waals surface area contributed by atoms with Gasteiger partial charge in [0.1, 0.15) is 0 Å². The zero-order valence-electron chi connectivity index (χ0n) is 23.8. The van der Waals surface area contributed by atoms with Crippen LogP contribution in [0.15, 0.2) is 146 Å². The van der Waals surface area contributed by atoms with Gasteiger partial charge in [-0.15, -0.1) is 0 Å². The van der Waals surface area contributed by atoms with Gasteiger partial charge in [0, 0.05) is 22.4 Å². The molecule has 10 rings (SSSR count). The van der Waals surface area contributed by atoms with Gasteiger partial charge in [-0.3, -0.25) is 4.98 Å². The third-order valence-corrected chi connectivity index (χ3v) is 9.42. The minimum Gasteiger partial charge on any atom is -0.255 e. The van der Waals surface area contributed by atoms with E-state index in [2.05, 4.69) is 127 Å². The van der Waals surface area contributed by atoms with E-state index < -0.39 is 0 Å². The van der Waals surface area contributed by atoms with Gasteiger partial charge < -0.3 is 0 Å². The van der Waals surface area contributed by atoms with Gasteiger partial charge in [0.25, 0.3) is 0 Å². The Morgan fingerprint density at radius 1 is 0.386 bits per heavy atom. The van der Waals surface area contributed by atoms with E-state index in [9.17, 15) is 0 Å². The first-order chi connectivity index (χ1) is 21.8. The van der Waals surface area contributed by atoms with E-state index in [1.54, 1.807) is 0 Å². The first-order valence-corrected chi connectivity index (χ1v) is 15.1. The monoisotopic (exact) mass is 556 g/mol. The molecule has 0 aliphatic heterocycles. The Balaban J connectivity index is 1.36. The van der Waals surface area contributed by atoms with E-state index in [0.717, 1.165) is 27.7 Å². The number of hydrogen-bond donors (Lipinski definition) is 0. The molecule has 2 aromatic heterocycles. The summed E-state index contributed by atoms with van der Waals surface area (Å²) < 4.78 is 0. The molecule has 0 bridgehead atoms. The van der Waals surface area contributed by atoms with Crippen LogP contribution < -0.4 is 0 Å². The summed E-state index contributed by atoms with van der Waals surface area (Å²) in [5, 5.41) is 16.3. The molecule has 2 heteroatoms. The van der Waals surface area contributed by atoms with Crippen LogP contribution in [0, 0.1) is 0 Å². The predicted octanol–water partition coefficient (Wildman–Crippen LogP) is 11.3. The van der Waals surface area contributed by atoms with E-state index in [1.165, 1.54) is 70.4 Å². The highest BCUT2D eigenvalue weighted by Crippen LogP contribution is 2.45. The van der Waals surface area contributed by atoms with E-state index in [4.69, 9.17) is 9.97 Å². The number of para-hydroxylation sites is 1. The molecule has 0 unspecified atom stereocenters. The smallest absolute Gasteiger partial charge is 0.0978 e. The lowest BCUT2D eigenvalue weighted by Gasteiger charge is -2.17. The molecule has 0 amide bonds. The minimum absolute atomic E-state index is 0.885. The van der Waals surface area contributed by atoms with Crippen molar-refractivity contribution in [1.29, 1.82) is 0 Å². The van der Waals surface area contributed by atoms with Crippen LogP contribution in [0.1, 0.15) is 0 Å². The topological polar surface area (TPSA) is 25.8 Å². The lowest BCUT2D eigenvalue weighted by atomic mass is 9.87. The van der Waals surface area contributed by atoms with Crippen LogP contribution in [-0.4, -0.2) is 9.97 Å². The van der Waals surface area contributed by atoms with Crippen LogP contribution in [0.2, 0.25) is 0 Å². The Morgan fingerprint density at radius 3 is 1.91 bits per heavy atom. The Hall–Kier alpha value is -5.86. The maximum absolute atomic E-state index is 5.24. The molecular formula is C42H24N2. The predicted molar refractivity (Wildman–Crippen MR) is 187 cm³/mol. The van der Waals surface area contributed by atoms with Gasteiger partial charge in [0.2, 0.25) is 0 Å². The fraction of sp³-hybridized carbons (Fsp3) is 0. The van der Waals surface area contributed by atoms with Gasteiger partial charge >= 0.3 is 0 Å². The Labute approximate surface area is 253 Å². The Kier molecular flexibility index (Phi) is 4.75. The largest absolute Gasteiger partial charge is 0.255 e. The molecular weight excluding hydrogens is 532 g/mol. The summed E-state index contributed by atoms with van der Waals surface area (Å²) in [6.07, 6.45) is 1.85. The molecule has 0 saturated heterocycles. The molecule has 0 radical (unpaired) electrons. The number of hydrogen-bond acceptors (Lipinski definition) is 2. The summed E-state index contributed by atoms with van der Waals surface area (Å²) in [6.45, 7) is 0. The number of benzene rings is 8. The lowest BCUT2D eigenvalue weighted by Crippen LogP contribution is -1.94. The standard InChI is InChI=1S/C42H24N2/c1-2-11-31-30(10-1)35-24-28(29-20-17-27-16-15-25-8-7-9-26-18-21-32(29)39(27)38(25)26)19-22-33(35)41-40(31)34-12-3-4-13-36(34)44-42(41)37-14-5-6-23-43-37/h1-24H. The Bertz CT molecular complexity index is 2750. The fourth-order valence-corrected chi connectivity index (χ4v) is 7.52. The highest BCUT2D eigenvalue weighted by molar-refractivity contribution is 6.34. The SMILES string of the molecule is c1ccc(-c2nc3ccccc3c3c4ccccc4c4cc(-c5ccc6ccc7cccc8ccc5c6c78)ccc4c23)nc1. The zero-order chi connectivity index (χ0) is 28.8. The first kappa shape index (κ1) is 23.7. The number of fused-ring (bicyclic) bond motifs is 8. The lowest BCUT2D eigenvalue weighted by molar-refractivity contribution is 1.29. The molecule has 0 aliphatic carbocycles. The molecule has 2 nitrogen and oxygen atoms in total. The molecule has 0 N–H and O–H groups in total. The second-order valence-electron chi connectivity index (χ2n) is 11.7. The summed E-state index contributed by atoms with van der Waals surface area (Å²) >= 11 is 0. The van der Waals surface area contributed by atoms with Gasteiger partial charge in [-0.05, 0) is 89.3 Å². The van der Waals surface area contributed by atoms with Crippen molar-refractivity contribution in [2.75, 3.05) is 0 Å². The maximum Gasteiger partial charge on any atom is 0.0978 e. The van der Waals surface area contributed by atoms with E-state index >= 15 is 0 Å². The average Bonchev–Trinajstić information content (AvgIpc) is 3.10. The van der Waals surface area contributed by atoms with Gasteiger partial charge in [0.05, 0.1) is 16.9 Å². The highest BCUT2D eigenvalue weighted by atomic mass is 14.8. The van der Waals surface area contributed by atoms with Crippen molar-refractivity contribution in [3.63, 3.8) is 0 Å². The van der Waals surface area contributed by atoms with Gasteiger partial charge in [0.15, 0.2) is 0 Å². The van der Waals surface area contributed by atoms with E-state index in [1.807, 2.05) is 18.3 Å². The molecule has 10 aromatic rings. The summed E-state index contributed by atoms with van der Waals surface area (Å²) in [7, 11) is 0. The quantitative estimate of drug-likeness (QED) is 0.198. The van der Waals surface area contributed by atoms with Gasteiger partial charge in [-0.1, -0.05) is 115 Å². The minimum atomic E-state index is 0.885. The van der Waals surface area contributed by atoms with Crippen molar-refractivity contribution >= 4 is 75.5 Å². The van der Waals surface area contributed by atoms with Gasteiger partial charge in [-0.2, -0.15) is 0 Å².